The van der Waals surface area contributed by atoms with Crippen LogP contribution in [0.2, 0.25) is 5.02 Å². The maximum Gasteiger partial charge on any atom is 0.191 e. The number of unbranched alkanes of at least 4 members (excludes halogenated alkanes) is 1. The van der Waals surface area contributed by atoms with E-state index in [1.807, 2.05) is 23.9 Å². The van der Waals surface area contributed by atoms with Gasteiger partial charge in [0, 0.05) is 19.5 Å². The molecule has 1 aliphatic rings. The molecule has 0 saturated carbocycles. The Balaban J connectivity index is 1.96. The Morgan fingerprint density at radius 1 is 1.24 bits per heavy atom. The van der Waals surface area contributed by atoms with Crippen LogP contribution in [0.15, 0.2) is 17.1 Å². The van der Waals surface area contributed by atoms with Crippen molar-refractivity contribution in [3.63, 3.8) is 0 Å². The van der Waals surface area contributed by atoms with E-state index in [2.05, 4.69) is 28.8 Å². The van der Waals surface area contributed by atoms with Gasteiger partial charge in [-0.15, -0.1) is 0 Å². The van der Waals surface area contributed by atoms with E-state index in [0.29, 0.717) is 36.3 Å². The van der Waals surface area contributed by atoms with E-state index >= 15 is 0 Å². The molecule has 7 heteroatoms. The Morgan fingerprint density at radius 2 is 2.08 bits per heavy atom. The summed E-state index contributed by atoms with van der Waals surface area (Å²) < 4.78 is 11.4. The number of aliphatic imine (C=N–C) groups is 1. The van der Waals surface area contributed by atoms with E-state index in [4.69, 9.17) is 21.1 Å². The summed E-state index contributed by atoms with van der Waals surface area (Å²) in [7, 11) is 0. The number of guanidine groups is 1. The van der Waals surface area contributed by atoms with Crippen LogP contribution in [0.3, 0.4) is 0 Å². The normalized spacial score (nSPS) is 14.1. The summed E-state index contributed by atoms with van der Waals surface area (Å²) in [6.45, 7) is 5.64. The van der Waals surface area contributed by atoms with E-state index < -0.39 is 0 Å². The number of nitrogens with one attached hydrogen (secondary N) is 2. The number of benzene rings is 1. The number of thioether (sulfide) groups is 1. The molecule has 25 heavy (non-hydrogen) atoms. The zero-order chi connectivity index (χ0) is 17.9. The Bertz CT molecular complexity index is 569. The van der Waals surface area contributed by atoms with Gasteiger partial charge >= 0.3 is 0 Å². The Kier molecular flexibility index (Phi) is 9.11. The third-order valence-electron chi connectivity index (χ3n) is 3.69. The summed E-state index contributed by atoms with van der Waals surface area (Å²) in [4.78, 5) is 4.65. The van der Waals surface area contributed by atoms with Gasteiger partial charge in [-0.05, 0) is 49.5 Å². The molecule has 1 aliphatic heterocycles. The van der Waals surface area contributed by atoms with Gasteiger partial charge in [-0.3, -0.25) is 0 Å². The van der Waals surface area contributed by atoms with Crippen LogP contribution in [-0.2, 0) is 6.54 Å². The lowest BCUT2D eigenvalue weighted by atomic mass is 10.2. The summed E-state index contributed by atoms with van der Waals surface area (Å²) in [6.07, 6.45) is 5.36. The molecule has 0 atom stereocenters. The lowest BCUT2D eigenvalue weighted by Gasteiger charge is -2.13. The summed E-state index contributed by atoms with van der Waals surface area (Å²) in [5.74, 6) is 3.39. The predicted molar refractivity (Wildman–Crippen MR) is 107 cm³/mol. The van der Waals surface area contributed by atoms with Crippen molar-refractivity contribution in [3.05, 3.63) is 22.7 Å². The number of ether oxygens (including phenoxy) is 2. The van der Waals surface area contributed by atoms with Gasteiger partial charge in [0.25, 0.3) is 0 Å². The molecule has 0 radical (unpaired) electrons. The highest BCUT2D eigenvalue weighted by Crippen LogP contribution is 2.38. The first-order valence-electron chi connectivity index (χ1n) is 8.83. The summed E-state index contributed by atoms with van der Waals surface area (Å²) in [6, 6.07) is 3.87. The average Bonchev–Trinajstić information content (AvgIpc) is 2.85. The van der Waals surface area contributed by atoms with Crippen LogP contribution in [0.5, 0.6) is 11.5 Å². The van der Waals surface area contributed by atoms with Gasteiger partial charge in [0.1, 0.15) is 0 Å². The van der Waals surface area contributed by atoms with Crippen LogP contribution < -0.4 is 20.1 Å². The molecule has 0 fully saturated rings. The van der Waals surface area contributed by atoms with Crippen LogP contribution in [0, 0.1) is 0 Å². The average molecular weight is 386 g/mol. The standard InChI is InChI=1S/C18H28ClN3O2S/c1-3-20-18(21-7-4-5-10-25-2)22-13-14-11-15(19)17-16(12-14)23-8-6-9-24-17/h11-12H,3-10,13H2,1-2H3,(H2,20,21,22). The van der Waals surface area contributed by atoms with Crippen molar-refractivity contribution in [1.29, 1.82) is 0 Å². The quantitative estimate of drug-likeness (QED) is 0.406. The van der Waals surface area contributed by atoms with Crippen molar-refractivity contribution in [3.8, 4) is 11.5 Å². The lowest BCUT2D eigenvalue weighted by molar-refractivity contribution is 0.297. The zero-order valence-electron chi connectivity index (χ0n) is 15.1. The fraction of sp³-hybridized carbons (Fsp3) is 0.611. The number of rotatable bonds is 8. The SMILES string of the molecule is CCNC(=NCc1cc(Cl)c2c(c1)OCCCO2)NCCCCSC. The van der Waals surface area contributed by atoms with Crippen LogP contribution in [0.1, 0.15) is 31.7 Å². The maximum absolute atomic E-state index is 6.34. The topological polar surface area (TPSA) is 54.9 Å². The molecule has 0 aliphatic carbocycles. The van der Waals surface area contributed by atoms with Gasteiger partial charge < -0.3 is 20.1 Å². The highest BCUT2D eigenvalue weighted by atomic mass is 35.5. The second-order valence-electron chi connectivity index (χ2n) is 5.78. The van der Waals surface area contributed by atoms with Crippen LogP contribution in [0.4, 0.5) is 0 Å². The number of fused-ring (bicyclic) bond motifs is 1. The summed E-state index contributed by atoms with van der Waals surface area (Å²) >= 11 is 8.23. The molecular weight excluding hydrogens is 358 g/mol. The zero-order valence-corrected chi connectivity index (χ0v) is 16.6. The summed E-state index contributed by atoms with van der Waals surface area (Å²) in [5.41, 5.74) is 1.01. The van der Waals surface area contributed by atoms with E-state index in [9.17, 15) is 0 Å². The third kappa shape index (κ3) is 6.86. The molecule has 140 valence electrons. The minimum Gasteiger partial charge on any atom is -0.489 e. The highest BCUT2D eigenvalue weighted by molar-refractivity contribution is 7.98. The first-order valence-corrected chi connectivity index (χ1v) is 10.6. The predicted octanol–water partition coefficient (Wildman–Crippen LogP) is 3.70. The molecule has 2 rings (SSSR count). The molecule has 0 spiro atoms. The molecule has 0 amide bonds. The van der Waals surface area contributed by atoms with E-state index in [1.165, 1.54) is 12.2 Å². The number of halogens is 1. The molecule has 5 nitrogen and oxygen atoms in total. The monoisotopic (exact) mass is 385 g/mol. The van der Waals surface area contributed by atoms with Gasteiger partial charge in [-0.1, -0.05) is 11.6 Å². The van der Waals surface area contributed by atoms with Crippen LogP contribution >= 0.6 is 23.4 Å². The second kappa shape index (κ2) is 11.4. The van der Waals surface area contributed by atoms with Crippen molar-refractivity contribution < 1.29 is 9.47 Å². The van der Waals surface area contributed by atoms with Gasteiger partial charge in [0.15, 0.2) is 17.5 Å². The van der Waals surface area contributed by atoms with Crippen molar-refractivity contribution >= 4 is 29.3 Å². The van der Waals surface area contributed by atoms with E-state index in [1.54, 1.807) is 0 Å². The Labute approximate surface area is 159 Å². The third-order valence-corrected chi connectivity index (χ3v) is 4.67. The second-order valence-corrected chi connectivity index (χ2v) is 7.17. The lowest BCUT2D eigenvalue weighted by Crippen LogP contribution is -2.37. The van der Waals surface area contributed by atoms with Gasteiger partial charge in [-0.25, -0.2) is 4.99 Å². The summed E-state index contributed by atoms with van der Waals surface area (Å²) in [5, 5.41) is 7.24. The molecule has 1 aromatic rings. The van der Waals surface area contributed by atoms with Crippen molar-refractivity contribution in [2.24, 2.45) is 4.99 Å². The fourth-order valence-electron chi connectivity index (χ4n) is 2.47. The minimum atomic E-state index is 0.538. The van der Waals surface area contributed by atoms with Gasteiger partial charge in [0.2, 0.25) is 0 Å². The van der Waals surface area contributed by atoms with E-state index in [-0.39, 0.29) is 0 Å². The minimum absolute atomic E-state index is 0.538. The van der Waals surface area contributed by atoms with Crippen LogP contribution in [0.25, 0.3) is 0 Å². The molecule has 0 aromatic heterocycles. The first-order chi connectivity index (χ1) is 12.2. The smallest absolute Gasteiger partial charge is 0.191 e. The highest BCUT2D eigenvalue weighted by Gasteiger charge is 2.15. The maximum atomic E-state index is 6.34. The van der Waals surface area contributed by atoms with Crippen molar-refractivity contribution in [2.75, 3.05) is 38.3 Å². The molecule has 0 bridgehead atoms. The van der Waals surface area contributed by atoms with Crippen LogP contribution in [-0.4, -0.2) is 44.3 Å². The number of nitrogens with zero attached hydrogens (tertiary/aromatic N) is 1. The van der Waals surface area contributed by atoms with Gasteiger partial charge in [-0.2, -0.15) is 11.8 Å². The fourth-order valence-corrected chi connectivity index (χ4v) is 3.25. The number of hydrogen-bond acceptors (Lipinski definition) is 4. The van der Waals surface area contributed by atoms with Crippen molar-refractivity contribution in [1.82, 2.24) is 10.6 Å². The van der Waals surface area contributed by atoms with Crippen molar-refractivity contribution in [2.45, 2.75) is 32.7 Å². The van der Waals surface area contributed by atoms with Gasteiger partial charge in [0.05, 0.1) is 24.8 Å². The first kappa shape index (κ1) is 20.0. The Morgan fingerprint density at radius 3 is 2.88 bits per heavy atom. The molecule has 0 saturated heterocycles. The molecule has 1 aromatic carbocycles. The molecule has 1 heterocycles. The van der Waals surface area contributed by atoms with E-state index in [0.717, 1.165) is 37.5 Å². The molecule has 0 unspecified atom stereocenters. The Hall–Kier alpha value is -1.27. The molecule has 2 N–H and O–H groups in total. The molecular formula is C18H28ClN3O2S. The largest absolute Gasteiger partial charge is 0.489 e. The number of hydrogen-bond donors (Lipinski definition) is 2.